The molecule has 15 nitrogen and oxygen atoms in total. The fourth-order valence-electron chi connectivity index (χ4n) is 5.57. The van der Waals surface area contributed by atoms with Crippen LogP contribution in [0.1, 0.15) is 24.8 Å². The number of nitrogens with two attached hydrogens (primary N) is 1. The van der Waals surface area contributed by atoms with Gasteiger partial charge in [-0.1, -0.05) is 12.1 Å². The lowest BCUT2D eigenvalue weighted by molar-refractivity contribution is -0.110. The van der Waals surface area contributed by atoms with Gasteiger partial charge in [-0.3, -0.25) is 14.6 Å². The summed E-state index contributed by atoms with van der Waals surface area (Å²) in [6.07, 6.45) is 4.87. The number of likely N-dealkylation sites (tertiary alicyclic amines) is 1. The molecule has 2 saturated heterocycles. The average Bonchev–Trinajstić information content (AvgIpc) is 3.04. The Kier molecular flexibility index (Phi) is 9.59. The quantitative estimate of drug-likeness (QED) is 0.0673. The number of carbonyl (C=O) groups excluding carboxylic acids is 1. The van der Waals surface area contributed by atoms with Crippen molar-refractivity contribution in [2.75, 3.05) is 56.0 Å². The van der Waals surface area contributed by atoms with Crippen LogP contribution >= 0.6 is 0 Å². The third-order valence-corrected chi connectivity index (χ3v) is 8.02. The number of amidine groups is 1. The predicted octanol–water partition coefficient (Wildman–Crippen LogP) is 1.82. The van der Waals surface area contributed by atoms with Crippen molar-refractivity contribution in [3.05, 3.63) is 46.4 Å². The maximum Gasteiger partial charge on any atom is 0.277 e. The second-order valence-corrected chi connectivity index (χ2v) is 10.9. The third kappa shape index (κ3) is 7.34. The van der Waals surface area contributed by atoms with Crippen molar-refractivity contribution < 1.29 is 4.79 Å². The molecule has 1 atom stereocenters. The fraction of sp³-hybridized carbons (Fsp3) is 0.464. The largest absolute Gasteiger partial charge is 0.339 e. The first kappa shape index (κ1) is 29.7. The van der Waals surface area contributed by atoms with Crippen LogP contribution in [-0.2, 0) is 11.3 Å². The molecule has 0 bridgehead atoms. The number of H-pyrrole nitrogens is 1. The van der Waals surface area contributed by atoms with Crippen LogP contribution in [0.4, 0.5) is 17.5 Å². The van der Waals surface area contributed by atoms with Gasteiger partial charge in [0, 0.05) is 51.4 Å². The van der Waals surface area contributed by atoms with Crippen molar-refractivity contribution in [1.82, 2.24) is 30.0 Å². The monoisotopic (exact) mass is 585 g/mol. The molecule has 2 aromatic heterocycles. The number of hydrogen-bond donors (Lipinski definition) is 4. The first-order valence-electron chi connectivity index (χ1n) is 14.3. The minimum absolute atomic E-state index is 0.327. The summed E-state index contributed by atoms with van der Waals surface area (Å²) in [5.74, 6) is 6.37. The van der Waals surface area contributed by atoms with E-state index in [0.717, 1.165) is 38.2 Å². The number of hydrogen-bond acceptors (Lipinski definition) is 13. The van der Waals surface area contributed by atoms with Gasteiger partial charge in [0.15, 0.2) is 5.84 Å². The summed E-state index contributed by atoms with van der Waals surface area (Å²) in [6.45, 7) is 5.70. The van der Waals surface area contributed by atoms with Crippen molar-refractivity contribution in [2.45, 2.75) is 25.8 Å². The van der Waals surface area contributed by atoms with E-state index in [0.29, 0.717) is 79.9 Å². The van der Waals surface area contributed by atoms with Crippen molar-refractivity contribution in [2.24, 2.45) is 27.9 Å². The zero-order valence-corrected chi connectivity index (χ0v) is 23.8. The molecule has 5 N–H and O–H groups in total. The number of carbonyl (C=O) groups is 1. The molecule has 0 saturated carbocycles. The van der Waals surface area contributed by atoms with Crippen LogP contribution in [0.2, 0.25) is 0 Å². The van der Waals surface area contributed by atoms with Gasteiger partial charge in [0.2, 0.25) is 5.95 Å². The van der Waals surface area contributed by atoms with Gasteiger partial charge < -0.3 is 20.9 Å². The average molecular weight is 586 g/mol. The Morgan fingerprint density at radius 1 is 1.16 bits per heavy atom. The Morgan fingerprint density at radius 2 is 1.91 bits per heavy atom. The highest BCUT2D eigenvalue weighted by atomic mass is 16.1. The number of nitriles is 1. The molecule has 224 valence electrons. The highest BCUT2D eigenvalue weighted by Gasteiger charge is 2.24. The molecule has 0 amide bonds. The smallest absolute Gasteiger partial charge is 0.277 e. The zero-order valence-electron chi connectivity index (χ0n) is 23.8. The van der Waals surface area contributed by atoms with Crippen LogP contribution in [-0.4, -0.2) is 87.9 Å². The van der Waals surface area contributed by atoms with E-state index < -0.39 is 5.92 Å². The predicted molar refractivity (Wildman–Crippen MR) is 161 cm³/mol. The van der Waals surface area contributed by atoms with E-state index in [4.69, 9.17) is 21.6 Å². The Balaban J connectivity index is 1.24. The Bertz CT molecular complexity index is 1550. The molecule has 0 radical (unpaired) electrons. The van der Waals surface area contributed by atoms with Crippen molar-refractivity contribution in [3.63, 3.8) is 0 Å². The SMILES string of the molecule is N#CC(C=O)CN1CCN(c2nc(Nc3ccc(CN4CCC(C/C(N=N)=N/N)CC4)cc3)c3c(=O)[nH]ncc3n2)CC1. The molecule has 2 aliphatic heterocycles. The number of nitrogens with one attached hydrogen (secondary N) is 3. The number of aldehydes is 1. The number of piperazine rings is 1. The Labute approximate surface area is 248 Å². The van der Waals surface area contributed by atoms with E-state index in [1.165, 1.54) is 11.8 Å². The zero-order chi connectivity index (χ0) is 30.2. The standard InChI is InChI=1S/C28H35N13O2/c29-14-21(18-42)17-40-9-11-41(12-10-40)28-34-23-15-32-38-27(43)25(23)26(35-28)33-22-3-1-20(2-4-22)16-39-7-5-19(6-8-39)13-24(36-30)37-31/h1-4,15,18-19,21,30H,5-13,16-17,31H2,(H,38,43)(H,33,34,35)/b36-30?,37-24-. The first-order valence-corrected chi connectivity index (χ1v) is 14.3. The molecule has 4 heterocycles. The molecule has 2 aliphatic rings. The van der Waals surface area contributed by atoms with Crippen molar-refractivity contribution in [1.29, 1.82) is 10.8 Å². The molecule has 0 aliphatic carbocycles. The van der Waals surface area contributed by atoms with Crippen molar-refractivity contribution in [3.8, 4) is 6.07 Å². The number of benzene rings is 1. The van der Waals surface area contributed by atoms with Gasteiger partial charge in [-0.2, -0.15) is 20.4 Å². The summed E-state index contributed by atoms with van der Waals surface area (Å²) < 4.78 is 0. The third-order valence-electron chi connectivity index (χ3n) is 8.02. The molecule has 1 unspecified atom stereocenters. The normalized spacial score (nSPS) is 17.8. The summed E-state index contributed by atoms with van der Waals surface area (Å²) in [4.78, 5) is 39.7. The van der Waals surface area contributed by atoms with Gasteiger partial charge in [0.05, 0.1) is 12.3 Å². The van der Waals surface area contributed by atoms with Crippen LogP contribution in [0, 0.1) is 28.7 Å². The van der Waals surface area contributed by atoms with Crippen LogP contribution in [0.5, 0.6) is 0 Å². The number of fused-ring (bicyclic) bond motifs is 1. The number of piperidine rings is 1. The van der Waals surface area contributed by atoms with Gasteiger partial charge in [-0.15, -0.1) is 5.11 Å². The molecular formula is C28H35N13O2. The minimum atomic E-state index is -0.642. The Hall–Kier alpha value is -4.81. The van der Waals surface area contributed by atoms with Crippen LogP contribution in [0.15, 0.2) is 45.5 Å². The Morgan fingerprint density at radius 3 is 2.56 bits per heavy atom. The van der Waals surface area contributed by atoms with Crippen LogP contribution in [0.25, 0.3) is 10.9 Å². The highest BCUT2D eigenvalue weighted by Crippen LogP contribution is 2.26. The van der Waals surface area contributed by atoms with Crippen LogP contribution in [0.3, 0.4) is 0 Å². The van der Waals surface area contributed by atoms with E-state index in [1.54, 1.807) is 0 Å². The van der Waals surface area contributed by atoms with E-state index in [1.807, 2.05) is 23.1 Å². The molecule has 0 spiro atoms. The lowest BCUT2D eigenvalue weighted by Crippen LogP contribution is -2.48. The highest BCUT2D eigenvalue weighted by molar-refractivity contribution is 5.90. The number of aromatic amines is 1. The van der Waals surface area contributed by atoms with Gasteiger partial charge in [-0.25, -0.2) is 15.6 Å². The van der Waals surface area contributed by atoms with Crippen molar-refractivity contribution >= 4 is 40.5 Å². The number of anilines is 3. The van der Waals surface area contributed by atoms with Gasteiger partial charge in [-0.05, 0) is 49.5 Å². The van der Waals surface area contributed by atoms with E-state index in [-0.39, 0.29) is 5.56 Å². The lowest BCUT2D eigenvalue weighted by Gasteiger charge is -2.35. The molecule has 1 aromatic carbocycles. The summed E-state index contributed by atoms with van der Waals surface area (Å²) in [5.41, 5.74) is 9.17. The molecule has 5 rings (SSSR count). The fourth-order valence-corrected chi connectivity index (χ4v) is 5.57. The maximum atomic E-state index is 12.7. The van der Waals surface area contributed by atoms with E-state index in [9.17, 15) is 9.59 Å². The lowest BCUT2D eigenvalue weighted by atomic mass is 9.93. The number of nitrogens with zero attached hydrogens (tertiary/aromatic N) is 9. The second kappa shape index (κ2) is 13.9. The molecular weight excluding hydrogens is 550 g/mol. The topological polar surface area (TPSA) is 209 Å². The second-order valence-electron chi connectivity index (χ2n) is 10.9. The summed E-state index contributed by atoms with van der Waals surface area (Å²) in [5, 5.41) is 26.1. The number of rotatable bonds is 10. The molecule has 15 heteroatoms. The molecule has 43 heavy (non-hydrogen) atoms. The minimum Gasteiger partial charge on any atom is -0.339 e. The van der Waals surface area contributed by atoms with E-state index in [2.05, 4.69) is 52.6 Å². The van der Waals surface area contributed by atoms with Gasteiger partial charge in [0.1, 0.15) is 28.9 Å². The summed E-state index contributed by atoms with van der Waals surface area (Å²) in [6, 6.07) is 10.1. The first-order chi connectivity index (χ1) is 21.0. The van der Waals surface area contributed by atoms with Gasteiger partial charge in [0.25, 0.3) is 5.56 Å². The molecule has 3 aromatic rings. The molecule has 2 fully saturated rings. The maximum absolute atomic E-state index is 12.7. The van der Waals surface area contributed by atoms with Crippen LogP contribution < -0.4 is 21.6 Å². The van der Waals surface area contributed by atoms with Gasteiger partial charge >= 0.3 is 0 Å². The van der Waals surface area contributed by atoms with E-state index >= 15 is 0 Å². The number of hydrazone groups is 1. The number of aromatic nitrogens is 4. The summed E-state index contributed by atoms with van der Waals surface area (Å²) >= 11 is 0. The summed E-state index contributed by atoms with van der Waals surface area (Å²) in [7, 11) is 0.